The summed E-state index contributed by atoms with van der Waals surface area (Å²) in [5, 5.41) is 4.03. The van der Waals surface area contributed by atoms with Crippen LogP contribution in [0.5, 0.6) is 0 Å². The number of benzene rings is 2. The second-order valence-corrected chi connectivity index (χ2v) is 9.48. The molecule has 6 heteroatoms. The van der Waals surface area contributed by atoms with Crippen LogP contribution in [0.3, 0.4) is 0 Å². The second kappa shape index (κ2) is 9.04. The molecular weight excluding hydrogens is 394 g/mol. The maximum Gasteiger partial charge on any atom is 0.266 e. The molecule has 0 radical (unpaired) electrons. The van der Waals surface area contributed by atoms with Gasteiger partial charge in [0.25, 0.3) is 5.56 Å². The molecule has 3 rings (SSSR count). The summed E-state index contributed by atoms with van der Waals surface area (Å²) in [5.41, 5.74) is 2.19. The molecular formula is C24H29N3O2S. The molecule has 0 aliphatic rings. The molecule has 1 aromatic heterocycles. The maximum atomic E-state index is 13.3. The molecule has 0 unspecified atom stereocenters. The van der Waals surface area contributed by atoms with Crippen LogP contribution in [0.4, 0.5) is 0 Å². The third-order valence-electron chi connectivity index (χ3n) is 4.92. The Kier molecular flexibility index (Phi) is 6.66. The van der Waals surface area contributed by atoms with Gasteiger partial charge in [-0.15, -0.1) is 0 Å². The van der Waals surface area contributed by atoms with E-state index in [1.807, 2.05) is 51.1 Å². The maximum absolute atomic E-state index is 13.3. The van der Waals surface area contributed by atoms with Gasteiger partial charge in [0.15, 0.2) is 5.16 Å². The number of nitrogens with one attached hydrogen (secondary N) is 1. The van der Waals surface area contributed by atoms with Crippen molar-refractivity contribution in [2.75, 3.05) is 5.75 Å². The van der Waals surface area contributed by atoms with E-state index < -0.39 is 0 Å². The molecule has 1 atom stereocenters. The number of amides is 1. The quantitative estimate of drug-likeness (QED) is 0.452. The topological polar surface area (TPSA) is 64.0 Å². The van der Waals surface area contributed by atoms with Crippen LogP contribution in [0.25, 0.3) is 16.6 Å². The fourth-order valence-electron chi connectivity index (χ4n) is 3.21. The van der Waals surface area contributed by atoms with Crippen molar-refractivity contribution >= 4 is 28.6 Å². The predicted molar refractivity (Wildman–Crippen MR) is 125 cm³/mol. The van der Waals surface area contributed by atoms with Crippen LogP contribution in [0.1, 0.15) is 52.5 Å². The Hall–Kier alpha value is -2.60. The minimum absolute atomic E-state index is 0.0893. The van der Waals surface area contributed by atoms with E-state index in [0.29, 0.717) is 22.0 Å². The Morgan fingerprint density at radius 3 is 2.43 bits per heavy atom. The van der Waals surface area contributed by atoms with Crippen LogP contribution in [0.15, 0.2) is 58.5 Å². The van der Waals surface area contributed by atoms with E-state index in [1.165, 1.54) is 17.3 Å². The van der Waals surface area contributed by atoms with Crippen molar-refractivity contribution in [1.82, 2.24) is 14.9 Å². The van der Waals surface area contributed by atoms with Gasteiger partial charge in [0, 0.05) is 5.54 Å². The van der Waals surface area contributed by atoms with E-state index in [0.717, 1.165) is 12.1 Å². The van der Waals surface area contributed by atoms with Gasteiger partial charge in [-0.2, -0.15) is 0 Å². The van der Waals surface area contributed by atoms with Gasteiger partial charge in [0.05, 0.1) is 22.3 Å². The highest BCUT2D eigenvalue weighted by Crippen LogP contribution is 2.24. The minimum atomic E-state index is -0.306. The lowest BCUT2D eigenvalue weighted by Crippen LogP contribution is -2.41. The summed E-state index contributed by atoms with van der Waals surface area (Å²) in [4.78, 5) is 30.3. The Morgan fingerprint density at radius 2 is 1.80 bits per heavy atom. The van der Waals surface area contributed by atoms with Gasteiger partial charge in [-0.3, -0.25) is 14.2 Å². The lowest BCUT2D eigenvalue weighted by molar-refractivity contribution is -0.119. The molecule has 1 heterocycles. The minimum Gasteiger partial charge on any atom is -0.351 e. The number of para-hydroxylation sites is 1. The van der Waals surface area contributed by atoms with E-state index in [2.05, 4.69) is 31.3 Å². The van der Waals surface area contributed by atoms with Crippen LogP contribution in [-0.2, 0) is 4.79 Å². The molecule has 0 aliphatic carbocycles. The van der Waals surface area contributed by atoms with Crippen molar-refractivity contribution in [2.45, 2.75) is 57.7 Å². The lowest BCUT2D eigenvalue weighted by Gasteiger charge is -2.20. The van der Waals surface area contributed by atoms with Gasteiger partial charge >= 0.3 is 0 Å². The van der Waals surface area contributed by atoms with Gasteiger partial charge in [-0.25, -0.2) is 4.98 Å². The number of hydrogen-bond donors (Lipinski definition) is 1. The summed E-state index contributed by atoms with van der Waals surface area (Å²) < 4.78 is 1.61. The molecule has 0 bridgehead atoms. The van der Waals surface area contributed by atoms with E-state index in [-0.39, 0.29) is 22.8 Å². The van der Waals surface area contributed by atoms with E-state index in [4.69, 9.17) is 4.98 Å². The van der Waals surface area contributed by atoms with Crippen molar-refractivity contribution in [1.29, 1.82) is 0 Å². The normalized spacial score (nSPS) is 12.7. The van der Waals surface area contributed by atoms with Gasteiger partial charge < -0.3 is 5.32 Å². The SMILES string of the molecule is CC[C@H](C)c1ccc(-n2c(SCC(=O)NC(C)(C)C)nc3ccccc3c2=O)cc1. The predicted octanol–water partition coefficient (Wildman–Crippen LogP) is 4.91. The highest BCUT2D eigenvalue weighted by atomic mass is 32.2. The Bertz CT molecular complexity index is 1100. The standard InChI is InChI=1S/C24H29N3O2S/c1-6-16(2)17-11-13-18(14-12-17)27-22(29)19-9-7-8-10-20(19)25-23(27)30-15-21(28)26-24(3,4)5/h7-14,16H,6,15H2,1-5H3,(H,26,28)/t16-/m0/s1. The highest BCUT2D eigenvalue weighted by molar-refractivity contribution is 7.99. The molecule has 1 amide bonds. The highest BCUT2D eigenvalue weighted by Gasteiger charge is 2.17. The zero-order valence-electron chi connectivity index (χ0n) is 18.2. The van der Waals surface area contributed by atoms with Crippen molar-refractivity contribution in [3.8, 4) is 5.69 Å². The first-order valence-electron chi connectivity index (χ1n) is 10.3. The number of thioether (sulfide) groups is 1. The molecule has 0 aliphatic heterocycles. The molecule has 5 nitrogen and oxygen atoms in total. The summed E-state index contributed by atoms with van der Waals surface area (Å²) in [6.07, 6.45) is 1.06. The summed E-state index contributed by atoms with van der Waals surface area (Å²) in [6, 6.07) is 15.4. The van der Waals surface area contributed by atoms with Crippen molar-refractivity contribution in [3.63, 3.8) is 0 Å². The first-order valence-corrected chi connectivity index (χ1v) is 11.2. The summed E-state index contributed by atoms with van der Waals surface area (Å²) in [5.74, 6) is 0.557. The number of carbonyl (C=O) groups is 1. The number of carbonyl (C=O) groups excluding carboxylic acids is 1. The number of aromatic nitrogens is 2. The summed E-state index contributed by atoms with van der Waals surface area (Å²) in [6.45, 7) is 10.2. The zero-order chi connectivity index (χ0) is 21.9. The van der Waals surface area contributed by atoms with Crippen LogP contribution in [0.2, 0.25) is 0 Å². The lowest BCUT2D eigenvalue weighted by atomic mass is 9.98. The molecule has 1 N–H and O–H groups in total. The van der Waals surface area contributed by atoms with Crippen LogP contribution >= 0.6 is 11.8 Å². The molecule has 30 heavy (non-hydrogen) atoms. The first-order chi connectivity index (χ1) is 14.2. The molecule has 2 aromatic carbocycles. The number of nitrogens with zero attached hydrogens (tertiary/aromatic N) is 2. The molecule has 0 saturated carbocycles. The summed E-state index contributed by atoms with van der Waals surface area (Å²) >= 11 is 1.27. The van der Waals surface area contributed by atoms with Crippen molar-refractivity contribution in [2.24, 2.45) is 0 Å². The third-order valence-corrected chi connectivity index (χ3v) is 5.86. The largest absolute Gasteiger partial charge is 0.351 e. The third kappa shape index (κ3) is 5.11. The fourth-order valence-corrected chi connectivity index (χ4v) is 4.02. The Morgan fingerprint density at radius 1 is 1.13 bits per heavy atom. The average Bonchev–Trinajstić information content (AvgIpc) is 2.71. The van der Waals surface area contributed by atoms with E-state index in [9.17, 15) is 9.59 Å². The van der Waals surface area contributed by atoms with Gasteiger partial charge in [0.2, 0.25) is 5.91 Å². The van der Waals surface area contributed by atoms with Crippen molar-refractivity contribution < 1.29 is 4.79 Å². The van der Waals surface area contributed by atoms with Gasteiger partial charge in [-0.05, 0) is 62.9 Å². The van der Waals surface area contributed by atoms with Gasteiger partial charge in [-0.1, -0.05) is 49.9 Å². The molecule has 0 saturated heterocycles. The average molecular weight is 424 g/mol. The molecule has 3 aromatic rings. The fraction of sp³-hybridized carbons (Fsp3) is 0.375. The van der Waals surface area contributed by atoms with Crippen LogP contribution < -0.4 is 10.9 Å². The first kappa shape index (κ1) is 22.1. The van der Waals surface area contributed by atoms with Crippen LogP contribution in [-0.4, -0.2) is 26.8 Å². The molecule has 0 spiro atoms. The summed E-state index contributed by atoms with van der Waals surface area (Å²) in [7, 11) is 0. The zero-order valence-corrected chi connectivity index (χ0v) is 19.0. The van der Waals surface area contributed by atoms with Gasteiger partial charge in [0.1, 0.15) is 0 Å². The smallest absolute Gasteiger partial charge is 0.266 e. The van der Waals surface area contributed by atoms with Crippen LogP contribution in [0, 0.1) is 0 Å². The Balaban J connectivity index is 2.03. The van der Waals surface area contributed by atoms with E-state index in [1.54, 1.807) is 10.6 Å². The monoisotopic (exact) mass is 423 g/mol. The second-order valence-electron chi connectivity index (χ2n) is 8.54. The van der Waals surface area contributed by atoms with E-state index >= 15 is 0 Å². The number of hydrogen-bond acceptors (Lipinski definition) is 4. The number of rotatable bonds is 6. The van der Waals surface area contributed by atoms with Crippen molar-refractivity contribution in [3.05, 3.63) is 64.4 Å². The molecule has 0 fully saturated rings. The molecule has 158 valence electrons. The Labute approximate surface area is 181 Å². The number of fused-ring (bicyclic) bond motifs is 1.